The number of phenols is 1. The first-order valence-corrected chi connectivity index (χ1v) is 8.89. The number of aryl methyl sites for hydroxylation is 1. The van der Waals surface area contributed by atoms with E-state index >= 15 is 0 Å². The van der Waals surface area contributed by atoms with Gasteiger partial charge in [0, 0.05) is 12.3 Å². The topological polar surface area (TPSA) is 37.3 Å². The number of hydrogen-bond acceptors (Lipinski definition) is 2. The summed E-state index contributed by atoms with van der Waals surface area (Å²) >= 11 is 0. The van der Waals surface area contributed by atoms with Crippen molar-refractivity contribution in [2.75, 3.05) is 0 Å². The molecule has 0 spiro atoms. The van der Waals surface area contributed by atoms with Crippen LogP contribution in [0.25, 0.3) is 0 Å². The van der Waals surface area contributed by atoms with Crippen LogP contribution in [0.1, 0.15) is 63.0 Å². The van der Waals surface area contributed by atoms with Gasteiger partial charge in [-0.25, -0.2) is 0 Å². The van der Waals surface area contributed by atoms with Crippen molar-refractivity contribution < 1.29 is 9.90 Å². The Hall–Kier alpha value is -1.31. The summed E-state index contributed by atoms with van der Waals surface area (Å²) in [5.41, 5.74) is 2.64. The Kier molecular flexibility index (Phi) is 3.15. The van der Waals surface area contributed by atoms with Crippen molar-refractivity contribution in [3.05, 3.63) is 29.3 Å². The van der Waals surface area contributed by atoms with Crippen LogP contribution in [0.4, 0.5) is 0 Å². The Morgan fingerprint density at radius 2 is 2.09 bits per heavy atom. The molecule has 2 nitrogen and oxygen atoms in total. The molecular formula is C20H26O2. The molecule has 2 heteroatoms. The second-order valence-electron chi connectivity index (χ2n) is 8.00. The summed E-state index contributed by atoms with van der Waals surface area (Å²) in [6.45, 7) is 4.67. The van der Waals surface area contributed by atoms with E-state index in [1.807, 2.05) is 12.1 Å². The molecule has 0 heterocycles. The van der Waals surface area contributed by atoms with Crippen LogP contribution in [-0.2, 0) is 11.2 Å². The van der Waals surface area contributed by atoms with Crippen LogP contribution in [0, 0.1) is 23.2 Å². The normalized spacial score (nSPS) is 40.0. The fourth-order valence-corrected chi connectivity index (χ4v) is 6.15. The van der Waals surface area contributed by atoms with Crippen molar-refractivity contribution in [3.8, 4) is 5.75 Å². The number of ketones is 1. The number of rotatable bonds is 1. The maximum atomic E-state index is 13.0. The predicted molar refractivity (Wildman–Crippen MR) is 86.9 cm³/mol. The van der Waals surface area contributed by atoms with Crippen LogP contribution in [-0.4, -0.2) is 10.9 Å². The van der Waals surface area contributed by atoms with Crippen molar-refractivity contribution >= 4 is 5.78 Å². The molecule has 22 heavy (non-hydrogen) atoms. The predicted octanol–water partition coefficient (Wildman–Crippen LogP) is 4.45. The average molecular weight is 298 g/mol. The molecule has 0 saturated heterocycles. The molecule has 5 atom stereocenters. The highest BCUT2D eigenvalue weighted by molar-refractivity contribution is 5.88. The molecule has 1 aromatic carbocycles. The van der Waals surface area contributed by atoms with E-state index in [9.17, 15) is 9.90 Å². The molecule has 3 aliphatic rings. The second kappa shape index (κ2) is 4.84. The molecule has 1 N–H and O–H groups in total. The van der Waals surface area contributed by atoms with E-state index in [4.69, 9.17) is 0 Å². The first kappa shape index (κ1) is 14.3. The van der Waals surface area contributed by atoms with Gasteiger partial charge in [0.15, 0.2) is 0 Å². The van der Waals surface area contributed by atoms with Gasteiger partial charge in [-0.2, -0.15) is 0 Å². The third-order valence-corrected chi connectivity index (χ3v) is 7.15. The Bertz CT molecular complexity index is 620. The molecule has 2 fully saturated rings. The number of aromatic hydroxyl groups is 1. The minimum Gasteiger partial charge on any atom is -0.508 e. The van der Waals surface area contributed by atoms with Gasteiger partial charge in [0.25, 0.3) is 0 Å². The number of phenolic OH excluding ortho intramolecular Hbond substituents is 1. The molecule has 0 unspecified atom stereocenters. The summed E-state index contributed by atoms with van der Waals surface area (Å²) < 4.78 is 0. The van der Waals surface area contributed by atoms with E-state index < -0.39 is 0 Å². The number of Topliss-reactive ketones (excluding diaryl/α,β-unsaturated/α-hetero) is 1. The van der Waals surface area contributed by atoms with Gasteiger partial charge in [-0.3, -0.25) is 4.79 Å². The molecule has 1 aromatic rings. The van der Waals surface area contributed by atoms with Crippen LogP contribution in [0.2, 0.25) is 0 Å². The van der Waals surface area contributed by atoms with Gasteiger partial charge in [0.05, 0.1) is 0 Å². The quantitative estimate of drug-likeness (QED) is 0.831. The van der Waals surface area contributed by atoms with Gasteiger partial charge >= 0.3 is 0 Å². The van der Waals surface area contributed by atoms with Crippen LogP contribution in [0.3, 0.4) is 0 Å². The van der Waals surface area contributed by atoms with E-state index in [2.05, 4.69) is 13.8 Å². The average Bonchev–Trinajstić information content (AvgIpc) is 2.82. The Morgan fingerprint density at radius 3 is 2.86 bits per heavy atom. The SMILES string of the molecule is CC[C@H]1CC[C@H]2[C@@H]3CCc4cc(O)ccc4[C@H]3C(=O)C[C@]12C. The molecule has 2 saturated carbocycles. The van der Waals surface area contributed by atoms with E-state index in [0.717, 1.165) is 25.2 Å². The van der Waals surface area contributed by atoms with Crippen molar-refractivity contribution in [3.63, 3.8) is 0 Å². The number of benzene rings is 1. The molecule has 0 aromatic heterocycles. The standard InChI is InChI=1S/C20H26O2/c1-3-13-5-9-17-16-7-4-12-10-14(21)6-8-15(12)19(16)18(22)11-20(13,17)2/h6,8,10,13,16-17,19,21H,3-5,7,9,11H2,1-2H3/t13-,16-,17-,19+,20+/m0/s1. The van der Waals surface area contributed by atoms with Gasteiger partial charge in [0.2, 0.25) is 0 Å². The van der Waals surface area contributed by atoms with Crippen molar-refractivity contribution in [2.45, 2.75) is 58.3 Å². The highest BCUT2D eigenvalue weighted by atomic mass is 16.3. The summed E-state index contributed by atoms with van der Waals surface area (Å²) in [5, 5.41) is 9.72. The summed E-state index contributed by atoms with van der Waals surface area (Å²) in [6, 6.07) is 5.64. The van der Waals surface area contributed by atoms with E-state index in [-0.39, 0.29) is 11.3 Å². The largest absolute Gasteiger partial charge is 0.508 e. The fraction of sp³-hybridized carbons (Fsp3) is 0.650. The van der Waals surface area contributed by atoms with E-state index in [1.165, 1.54) is 30.4 Å². The minimum atomic E-state index is 0.0954. The summed E-state index contributed by atoms with van der Waals surface area (Å²) in [5.74, 6) is 2.84. The number of carbonyl (C=O) groups excluding carboxylic acids is 1. The zero-order chi connectivity index (χ0) is 15.5. The molecule has 4 rings (SSSR count). The Balaban J connectivity index is 1.75. The molecule has 3 aliphatic carbocycles. The number of carbonyl (C=O) groups is 1. The lowest BCUT2D eigenvalue weighted by Crippen LogP contribution is -2.46. The van der Waals surface area contributed by atoms with Crippen molar-refractivity contribution in [2.24, 2.45) is 23.2 Å². The molecule has 0 radical (unpaired) electrons. The molecule has 0 bridgehead atoms. The summed E-state index contributed by atoms with van der Waals surface area (Å²) in [6.07, 6.45) is 6.71. The zero-order valence-corrected chi connectivity index (χ0v) is 13.6. The van der Waals surface area contributed by atoms with E-state index in [0.29, 0.717) is 23.4 Å². The highest BCUT2D eigenvalue weighted by Gasteiger charge is 2.57. The fourth-order valence-electron chi connectivity index (χ4n) is 6.15. The maximum absolute atomic E-state index is 13.0. The van der Waals surface area contributed by atoms with Crippen molar-refractivity contribution in [1.82, 2.24) is 0 Å². The summed E-state index contributed by atoms with van der Waals surface area (Å²) in [4.78, 5) is 13.0. The van der Waals surface area contributed by atoms with Crippen LogP contribution in [0.5, 0.6) is 5.75 Å². The van der Waals surface area contributed by atoms with Gasteiger partial charge in [0.1, 0.15) is 11.5 Å². The maximum Gasteiger partial charge on any atom is 0.141 e. The van der Waals surface area contributed by atoms with Crippen LogP contribution >= 0.6 is 0 Å². The third-order valence-electron chi connectivity index (χ3n) is 7.15. The molecule has 118 valence electrons. The number of fused-ring (bicyclic) bond motifs is 5. The lowest BCUT2D eigenvalue weighted by Gasteiger charge is -2.50. The van der Waals surface area contributed by atoms with Crippen LogP contribution in [0.15, 0.2) is 18.2 Å². The number of hydrogen-bond donors (Lipinski definition) is 1. The van der Waals surface area contributed by atoms with Crippen molar-refractivity contribution in [1.29, 1.82) is 0 Å². The zero-order valence-electron chi connectivity index (χ0n) is 13.6. The lowest BCUT2D eigenvalue weighted by molar-refractivity contribution is -0.132. The van der Waals surface area contributed by atoms with Crippen LogP contribution < -0.4 is 0 Å². The van der Waals surface area contributed by atoms with Gasteiger partial charge in [-0.15, -0.1) is 0 Å². The van der Waals surface area contributed by atoms with Gasteiger partial charge in [-0.1, -0.05) is 26.3 Å². The first-order chi connectivity index (χ1) is 10.5. The molecule has 0 aliphatic heterocycles. The Morgan fingerprint density at radius 1 is 1.27 bits per heavy atom. The van der Waals surface area contributed by atoms with Gasteiger partial charge < -0.3 is 5.11 Å². The summed E-state index contributed by atoms with van der Waals surface area (Å²) in [7, 11) is 0. The molecular weight excluding hydrogens is 272 g/mol. The smallest absolute Gasteiger partial charge is 0.141 e. The minimum absolute atomic E-state index is 0.0954. The second-order valence-corrected chi connectivity index (χ2v) is 8.00. The first-order valence-electron chi connectivity index (χ1n) is 8.89. The third kappa shape index (κ3) is 1.82. The van der Waals surface area contributed by atoms with E-state index in [1.54, 1.807) is 6.07 Å². The highest BCUT2D eigenvalue weighted by Crippen LogP contribution is 2.62. The Labute approximate surface area is 132 Å². The molecule has 0 amide bonds. The lowest BCUT2D eigenvalue weighted by atomic mass is 9.53. The van der Waals surface area contributed by atoms with Gasteiger partial charge in [-0.05, 0) is 72.1 Å². The monoisotopic (exact) mass is 298 g/mol.